The molecular formula is C40H31N12+. The van der Waals surface area contributed by atoms with Crippen molar-refractivity contribution < 1.29 is 4.57 Å². The topological polar surface area (TPSA) is 174 Å². The standard InChI is InChI=1S/C40H30N12/c41-25-9-17-49(18-10-25)37-29-1-2-30(45-29)38(50-19-11-26(42)12-20-50)32-5-6-34(47-32)40(52-23-15-28(44)16-24-52)36-8-7-35(48-36)39(33-4-3-31(37)46-33)51-21-13-27(43)14-22-51/h1-24,41-44H,(H2,45,46,47,48)/p+1. The van der Waals surface area contributed by atoms with Crippen LogP contribution in [0, 0.1) is 16.2 Å². The number of nitrogen functional groups attached to an aromatic ring is 1. The predicted molar refractivity (Wildman–Crippen MR) is 200 cm³/mol. The van der Waals surface area contributed by atoms with Crippen LogP contribution in [0.2, 0.25) is 0 Å². The van der Waals surface area contributed by atoms with E-state index in [0.717, 1.165) is 56.2 Å². The molecule has 12 nitrogen and oxygen atoms in total. The second kappa shape index (κ2) is 12.1. The number of aromatic nitrogens is 8. The van der Waals surface area contributed by atoms with E-state index in [1.165, 1.54) is 0 Å². The molecule has 0 radical (unpaired) electrons. The van der Waals surface area contributed by atoms with Gasteiger partial charge in [0, 0.05) is 55.0 Å². The smallest absolute Gasteiger partial charge is 0.260 e. The highest BCUT2D eigenvalue weighted by Gasteiger charge is 2.21. The molecule has 0 saturated carbocycles. The SMILES string of the molecule is N=c1ccn(-c2c3nc(c(-n4ccc(=N)cc4)c4ccc([nH]4)c(-[n+]4ccc(N)cc4)c4nc(c(-n5ccc(=N)cc5)c5ccc2[nH]5)C=C4)C=C3)cc1. The lowest BCUT2D eigenvalue weighted by molar-refractivity contribution is -0.594. The largest absolute Gasteiger partial charge is 0.398 e. The van der Waals surface area contributed by atoms with Crippen molar-refractivity contribution in [1.82, 2.24) is 33.6 Å². The maximum Gasteiger partial charge on any atom is 0.260 e. The molecule has 0 fully saturated rings. The number of nitrogens with two attached hydrogens (primary N) is 1. The molecule has 7 aromatic heterocycles. The lowest BCUT2D eigenvalue weighted by atomic mass is 10.2. The van der Waals surface area contributed by atoms with Crippen molar-refractivity contribution in [3.05, 3.63) is 161 Å². The number of nitrogens with one attached hydrogen (secondary N) is 5. The van der Waals surface area contributed by atoms with Crippen molar-refractivity contribution in [3.8, 4) is 22.7 Å². The van der Waals surface area contributed by atoms with Crippen molar-refractivity contribution >= 4 is 52.1 Å². The van der Waals surface area contributed by atoms with Crippen molar-refractivity contribution in [1.29, 1.82) is 16.2 Å². The van der Waals surface area contributed by atoms with Gasteiger partial charge in [-0.25, -0.2) is 9.97 Å². The normalized spacial score (nSPS) is 12.0. The summed E-state index contributed by atoms with van der Waals surface area (Å²) in [4.78, 5) is 17.8. The van der Waals surface area contributed by atoms with Gasteiger partial charge in [-0.15, -0.1) is 0 Å². The van der Waals surface area contributed by atoms with Crippen molar-refractivity contribution in [2.75, 3.05) is 5.73 Å². The molecule has 9 rings (SSSR count). The monoisotopic (exact) mass is 679 g/mol. The van der Waals surface area contributed by atoms with Gasteiger partial charge in [0.1, 0.15) is 11.2 Å². The molecule has 0 atom stereocenters. The summed E-state index contributed by atoms with van der Waals surface area (Å²) in [7, 11) is 0. The van der Waals surface area contributed by atoms with Crippen LogP contribution in [0.4, 0.5) is 5.69 Å². The molecule has 52 heavy (non-hydrogen) atoms. The van der Waals surface area contributed by atoms with Crippen LogP contribution >= 0.6 is 0 Å². The number of hydrogen-bond acceptors (Lipinski definition) is 6. The highest BCUT2D eigenvalue weighted by atomic mass is 15.0. The number of nitrogens with zero attached hydrogens (tertiary/aromatic N) is 6. The van der Waals surface area contributed by atoms with Gasteiger partial charge in [0.15, 0.2) is 12.4 Å². The second-order valence-corrected chi connectivity index (χ2v) is 12.4. The number of hydrogen-bond donors (Lipinski definition) is 6. The molecule has 7 aromatic rings. The first-order chi connectivity index (χ1) is 25.4. The Labute approximate surface area is 295 Å². The molecule has 2 aliphatic heterocycles. The van der Waals surface area contributed by atoms with Gasteiger partial charge in [0.2, 0.25) is 0 Å². The highest BCUT2D eigenvalue weighted by Crippen LogP contribution is 2.30. The van der Waals surface area contributed by atoms with E-state index in [-0.39, 0.29) is 0 Å². The van der Waals surface area contributed by atoms with Crippen LogP contribution in [-0.4, -0.2) is 33.6 Å². The summed E-state index contributed by atoms with van der Waals surface area (Å²) in [5, 5.41) is 25.6. The Balaban J connectivity index is 1.48. The summed E-state index contributed by atoms with van der Waals surface area (Å²) in [6, 6.07) is 22.3. The van der Waals surface area contributed by atoms with Crippen molar-refractivity contribution in [3.63, 3.8) is 0 Å². The number of aromatic amines is 2. The molecule has 0 saturated heterocycles. The third-order valence-electron chi connectivity index (χ3n) is 9.02. The van der Waals surface area contributed by atoms with Crippen LogP contribution in [0.25, 0.3) is 69.1 Å². The molecule has 7 N–H and O–H groups in total. The summed E-state index contributed by atoms with van der Waals surface area (Å²) < 4.78 is 7.89. The lowest BCUT2D eigenvalue weighted by Gasteiger charge is -2.09. The van der Waals surface area contributed by atoms with E-state index < -0.39 is 0 Å². The average Bonchev–Trinajstić information content (AvgIpc) is 3.99. The van der Waals surface area contributed by atoms with Gasteiger partial charge in [-0.05, 0) is 85.0 Å². The van der Waals surface area contributed by atoms with Crippen LogP contribution in [0.5, 0.6) is 0 Å². The minimum atomic E-state index is 0.400. The van der Waals surface area contributed by atoms with Crippen molar-refractivity contribution in [2.45, 2.75) is 0 Å². The number of H-pyrrole nitrogens is 2. The van der Waals surface area contributed by atoms with E-state index >= 15 is 0 Å². The molecule has 9 heterocycles. The van der Waals surface area contributed by atoms with Gasteiger partial charge in [0.05, 0.1) is 66.8 Å². The molecule has 2 aliphatic rings. The number of rotatable bonds is 4. The quantitative estimate of drug-likeness (QED) is 0.138. The summed E-state index contributed by atoms with van der Waals surface area (Å²) >= 11 is 0. The van der Waals surface area contributed by atoms with E-state index in [1.54, 1.807) is 36.4 Å². The summed E-state index contributed by atoms with van der Waals surface area (Å²) in [5.74, 6) is 0. The molecule has 0 spiro atoms. The first-order valence-corrected chi connectivity index (χ1v) is 16.5. The fraction of sp³-hybridized carbons (Fsp3) is 0. The summed E-state index contributed by atoms with van der Waals surface area (Å²) in [6.45, 7) is 0. The van der Waals surface area contributed by atoms with E-state index in [2.05, 4.69) is 9.97 Å². The van der Waals surface area contributed by atoms with Gasteiger partial charge >= 0.3 is 0 Å². The van der Waals surface area contributed by atoms with Crippen LogP contribution < -0.4 is 26.4 Å². The zero-order valence-electron chi connectivity index (χ0n) is 27.6. The van der Waals surface area contributed by atoms with Gasteiger partial charge in [-0.3, -0.25) is 0 Å². The minimum absolute atomic E-state index is 0.400. The summed E-state index contributed by atoms with van der Waals surface area (Å²) in [6.07, 6.45) is 23.0. The molecule has 0 aliphatic carbocycles. The van der Waals surface area contributed by atoms with Gasteiger partial charge in [-0.2, -0.15) is 4.57 Å². The maximum absolute atomic E-state index is 8.14. The molecule has 12 heteroatoms. The fourth-order valence-electron chi connectivity index (χ4n) is 6.55. The van der Waals surface area contributed by atoms with E-state index in [0.29, 0.717) is 33.1 Å². The summed E-state index contributed by atoms with van der Waals surface area (Å²) in [5.41, 5.74) is 16.1. The van der Waals surface area contributed by atoms with Crippen LogP contribution in [0.15, 0.2) is 122 Å². The Morgan fingerprint density at radius 2 is 0.808 bits per heavy atom. The minimum Gasteiger partial charge on any atom is -0.398 e. The predicted octanol–water partition coefficient (Wildman–Crippen LogP) is 5.33. The average molecular weight is 680 g/mol. The molecule has 250 valence electrons. The molecule has 0 amide bonds. The van der Waals surface area contributed by atoms with Gasteiger partial charge in [-0.1, -0.05) is 0 Å². The van der Waals surface area contributed by atoms with Crippen LogP contribution in [0.1, 0.15) is 22.8 Å². The van der Waals surface area contributed by atoms with Gasteiger partial charge in [0.25, 0.3) is 5.69 Å². The third-order valence-corrected chi connectivity index (χ3v) is 9.02. The Morgan fingerprint density at radius 3 is 1.23 bits per heavy atom. The Kier molecular flexibility index (Phi) is 7.07. The lowest BCUT2D eigenvalue weighted by Crippen LogP contribution is -2.30. The molecule has 8 bridgehead atoms. The zero-order chi connectivity index (χ0) is 35.3. The third kappa shape index (κ3) is 5.36. The van der Waals surface area contributed by atoms with Crippen LogP contribution in [-0.2, 0) is 0 Å². The number of anilines is 1. The fourth-order valence-corrected chi connectivity index (χ4v) is 6.55. The Hall–Kier alpha value is -7.60. The number of pyridine rings is 4. The Bertz CT molecular complexity index is 2870. The maximum atomic E-state index is 8.14. The first-order valence-electron chi connectivity index (χ1n) is 16.5. The highest BCUT2D eigenvalue weighted by molar-refractivity contribution is 5.89. The van der Waals surface area contributed by atoms with E-state index in [9.17, 15) is 0 Å². The molecule has 0 aromatic carbocycles. The number of fused-ring (bicyclic) bond motifs is 8. The molecular weight excluding hydrogens is 649 g/mol. The van der Waals surface area contributed by atoms with Gasteiger partial charge < -0.3 is 45.6 Å². The van der Waals surface area contributed by atoms with Crippen LogP contribution in [0.3, 0.4) is 0 Å². The first kappa shape index (κ1) is 30.5. The van der Waals surface area contributed by atoms with E-state index in [1.807, 2.05) is 129 Å². The molecule has 0 unspecified atom stereocenters. The van der Waals surface area contributed by atoms with Crippen molar-refractivity contribution in [2.24, 2.45) is 0 Å². The zero-order valence-corrected chi connectivity index (χ0v) is 27.6. The Morgan fingerprint density at radius 1 is 0.462 bits per heavy atom. The second-order valence-electron chi connectivity index (χ2n) is 12.4. The van der Waals surface area contributed by atoms with E-state index in [4.69, 9.17) is 31.9 Å².